The van der Waals surface area contributed by atoms with Crippen molar-refractivity contribution in [2.45, 2.75) is 39.7 Å². The minimum atomic E-state index is 0.216. The van der Waals surface area contributed by atoms with Crippen LogP contribution < -0.4 is 4.74 Å². The number of hydrogen-bond donors (Lipinski definition) is 0. The van der Waals surface area contributed by atoms with Crippen LogP contribution in [0.25, 0.3) is 11.0 Å². The van der Waals surface area contributed by atoms with Crippen molar-refractivity contribution in [2.75, 3.05) is 20.2 Å². The molecule has 2 heterocycles. The molecule has 1 aromatic heterocycles. The van der Waals surface area contributed by atoms with Gasteiger partial charge in [0.2, 0.25) is 5.91 Å². The second-order valence-electron chi connectivity index (χ2n) is 8.17. The first-order valence-corrected chi connectivity index (χ1v) is 10.4. The van der Waals surface area contributed by atoms with Gasteiger partial charge in [0.15, 0.2) is 0 Å². The first kappa shape index (κ1) is 19.5. The fraction of sp³-hybridized carbons (Fsp3) is 0.417. The van der Waals surface area contributed by atoms with Crippen molar-refractivity contribution in [1.29, 1.82) is 0 Å². The standard InChI is InChI=1S/C24H29N3O2/c1-17-12-22-23(13-18(17)2)27(16-25-22)15-20-8-10-26(11-9-20)24(28)14-19-4-6-21(29-3)7-5-19/h4-7,12-13,16,20H,8-11,14-15H2,1-3H3. The zero-order valence-corrected chi connectivity index (χ0v) is 17.5. The minimum Gasteiger partial charge on any atom is -0.497 e. The quantitative estimate of drug-likeness (QED) is 0.657. The lowest BCUT2D eigenvalue weighted by Gasteiger charge is -2.32. The molecule has 152 valence electrons. The minimum absolute atomic E-state index is 0.216. The van der Waals surface area contributed by atoms with E-state index in [1.807, 2.05) is 35.5 Å². The summed E-state index contributed by atoms with van der Waals surface area (Å²) in [6.07, 6.45) is 4.50. The molecule has 1 aliphatic rings. The Morgan fingerprint density at radius 3 is 2.48 bits per heavy atom. The summed E-state index contributed by atoms with van der Waals surface area (Å²) < 4.78 is 7.46. The first-order chi connectivity index (χ1) is 14.0. The van der Waals surface area contributed by atoms with E-state index in [0.29, 0.717) is 12.3 Å². The molecule has 0 bridgehead atoms. The Kier molecular flexibility index (Phi) is 5.56. The fourth-order valence-corrected chi connectivity index (χ4v) is 4.13. The van der Waals surface area contributed by atoms with Crippen LogP contribution in [0.2, 0.25) is 0 Å². The molecule has 0 spiro atoms. The molecule has 0 unspecified atom stereocenters. The van der Waals surface area contributed by atoms with Crippen molar-refractivity contribution in [3.8, 4) is 5.75 Å². The first-order valence-electron chi connectivity index (χ1n) is 10.4. The molecule has 1 aliphatic heterocycles. The molecule has 5 nitrogen and oxygen atoms in total. The summed E-state index contributed by atoms with van der Waals surface area (Å²) >= 11 is 0. The summed E-state index contributed by atoms with van der Waals surface area (Å²) in [5.41, 5.74) is 5.91. The highest BCUT2D eigenvalue weighted by molar-refractivity contribution is 5.79. The number of likely N-dealkylation sites (tertiary alicyclic amines) is 1. The van der Waals surface area contributed by atoms with Gasteiger partial charge in [0.25, 0.3) is 0 Å². The number of amides is 1. The molecule has 29 heavy (non-hydrogen) atoms. The second-order valence-corrected chi connectivity index (χ2v) is 8.17. The zero-order chi connectivity index (χ0) is 20.4. The van der Waals surface area contributed by atoms with Crippen LogP contribution in [0, 0.1) is 19.8 Å². The molecule has 1 amide bonds. The van der Waals surface area contributed by atoms with E-state index < -0.39 is 0 Å². The van der Waals surface area contributed by atoms with Crippen molar-refractivity contribution >= 4 is 16.9 Å². The highest BCUT2D eigenvalue weighted by Crippen LogP contribution is 2.24. The number of carbonyl (C=O) groups is 1. The number of carbonyl (C=O) groups excluding carboxylic acids is 1. The number of piperidine rings is 1. The Bertz CT molecular complexity index is 999. The summed E-state index contributed by atoms with van der Waals surface area (Å²) in [5, 5.41) is 0. The van der Waals surface area contributed by atoms with Crippen LogP contribution >= 0.6 is 0 Å². The van der Waals surface area contributed by atoms with E-state index in [1.165, 1.54) is 16.6 Å². The Labute approximate surface area is 172 Å². The van der Waals surface area contributed by atoms with Crippen LogP contribution in [0.15, 0.2) is 42.7 Å². The van der Waals surface area contributed by atoms with Crippen LogP contribution in [0.4, 0.5) is 0 Å². The van der Waals surface area contributed by atoms with Gasteiger partial charge >= 0.3 is 0 Å². The molecule has 4 rings (SSSR count). The maximum atomic E-state index is 12.7. The van der Waals surface area contributed by atoms with Crippen molar-refractivity contribution in [2.24, 2.45) is 5.92 Å². The van der Waals surface area contributed by atoms with E-state index in [9.17, 15) is 4.79 Å². The lowest BCUT2D eigenvalue weighted by Crippen LogP contribution is -2.40. The van der Waals surface area contributed by atoms with Gasteiger partial charge in [0.1, 0.15) is 5.75 Å². The van der Waals surface area contributed by atoms with E-state index >= 15 is 0 Å². The number of imidazole rings is 1. The largest absolute Gasteiger partial charge is 0.497 e. The molecule has 3 aromatic rings. The van der Waals surface area contributed by atoms with Crippen LogP contribution in [0.1, 0.15) is 29.5 Å². The smallest absolute Gasteiger partial charge is 0.226 e. The van der Waals surface area contributed by atoms with Gasteiger partial charge in [-0.1, -0.05) is 12.1 Å². The molecule has 0 N–H and O–H groups in total. The summed E-state index contributed by atoms with van der Waals surface area (Å²) in [6.45, 7) is 6.93. The van der Waals surface area contributed by atoms with Gasteiger partial charge in [0, 0.05) is 19.6 Å². The van der Waals surface area contributed by atoms with Crippen LogP contribution in [0.3, 0.4) is 0 Å². The summed E-state index contributed by atoms with van der Waals surface area (Å²) in [6, 6.07) is 12.2. The molecule has 1 fully saturated rings. The number of benzene rings is 2. The Balaban J connectivity index is 1.33. The Morgan fingerprint density at radius 2 is 1.79 bits per heavy atom. The maximum absolute atomic E-state index is 12.7. The highest BCUT2D eigenvalue weighted by Gasteiger charge is 2.23. The zero-order valence-electron chi connectivity index (χ0n) is 17.5. The second kappa shape index (κ2) is 8.27. The number of aromatic nitrogens is 2. The number of aryl methyl sites for hydroxylation is 2. The third-order valence-corrected chi connectivity index (χ3v) is 6.17. The molecular weight excluding hydrogens is 362 g/mol. The maximum Gasteiger partial charge on any atom is 0.226 e. The molecule has 0 radical (unpaired) electrons. The fourth-order valence-electron chi connectivity index (χ4n) is 4.13. The van der Waals surface area contributed by atoms with Gasteiger partial charge < -0.3 is 14.2 Å². The van der Waals surface area contributed by atoms with Crippen molar-refractivity contribution in [3.05, 3.63) is 59.4 Å². The number of nitrogens with zero attached hydrogens (tertiary/aromatic N) is 3. The predicted molar refractivity (Wildman–Crippen MR) is 115 cm³/mol. The van der Waals surface area contributed by atoms with Gasteiger partial charge in [-0.05, 0) is 73.6 Å². The molecule has 1 saturated heterocycles. The van der Waals surface area contributed by atoms with Gasteiger partial charge in [-0.3, -0.25) is 4.79 Å². The topological polar surface area (TPSA) is 47.4 Å². The summed E-state index contributed by atoms with van der Waals surface area (Å²) in [5.74, 6) is 1.62. The lowest BCUT2D eigenvalue weighted by atomic mass is 9.96. The SMILES string of the molecule is COc1ccc(CC(=O)N2CCC(Cn3cnc4cc(C)c(C)cc43)CC2)cc1. The van der Waals surface area contributed by atoms with Crippen molar-refractivity contribution < 1.29 is 9.53 Å². The van der Waals surface area contributed by atoms with Crippen molar-refractivity contribution in [3.63, 3.8) is 0 Å². The third kappa shape index (κ3) is 4.29. The number of rotatable bonds is 5. The number of hydrogen-bond acceptors (Lipinski definition) is 3. The van der Waals surface area contributed by atoms with Gasteiger partial charge in [0.05, 0.1) is 30.9 Å². The monoisotopic (exact) mass is 391 g/mol. The number of ether oxygens (including phenoxy) is 1. The van der Waals surface area contributed by atoms with E-state index in [0.717, 1.165) is 49.3 Å². The normalized spacial score (nSPS) is 15.1. The number of fused-ring (bicyclic) bond motifs is 1. The molecular formula is C24H29N3O2. The van der Waals surface area contributed by atoms with Gasteiger partial charge in [-0.15, -0.1) is 0 Å². The summed E-state index contributed by atoms with van der Waals surface area (Å²) in [7, 11) is 1.65. The Hall–Kier alpha value is -2.82. The van der Waals surface area contributed by atoms with Gasteiger partial charge in [-0.2, -0.15) is 0 Å². The molecule has 0 atom stereocenters. The predicted octanol–water partition coefficient (Wildman–Crippen LogP) is 4.14. The van der Waals surface area contributed by atoms with E-state index in [2.05, 4.69) is 35.5 Å². The Morgan fingerprint density at radius 1 is 1.10 bits per heavy atom. The van der Waals surface area contributed by atoms with Crippen LogP contribution in [-0.4, -0.2) is 40.6 Å². The molecule has 5 heteroatoms. The third-order valence-electron chi connectivity index (χ3n) is 6.17. The molecule has 2 aromatic carbocycles. The van der Waals surface area contributed by atoms with Crippen LogP contribution in [-0.2, 0) is 17.8 Å². The summed E-state index contributed by atoms with van der Waals surface area (Å²) in [4.78, 5) is 19.3. The highest BCUT2D eigenvalue weighted by atomic mass is 16.5. The lowest BCUT2D eigenvalue weighted by molar-refractivity contribution is -0.131. The average molecular weight is 392 g/mol. The van der Waals surface area contributed by atoms with Gasteiger partial charge in [-0.25, -0.2) is 4.98 Å². The van der Waals surface area contributed by atoms with E-state index in [-0.39, 0.29) is 5.91 Å². The number of methoxy groups -OCH3 is 1. The van der Waals surface area contributed by atoms with E-state index in [4.69, 9.17) is 4.74 Å². The van der Waals surface area contributed by atoms with E-state index in [1.54, 1.807) is 7.11 Å². The molecule has 0 saturated carbocycles. The van der Waals surface area contributed by atoms with Crippen LogP contribution in [0.5, 0.6) is 5.75 Å². The average Bonchev–Trinajstić information content (AvgIpc) is 3.11. The van der Waals surface area contributed by atoms with Crippen molar-refractivity contribution in [1.82, 2.24) is 14.5 Å². The molecule has 0 aliphatic carbocycles.